The molecule has 1 saturated carbocycles. The Morgan fingerprint density at radius 1 is 1.33 bits per heavy atom. The monoisotopic (exact) mass is 251 g/mol. The first kappa shape index (κ1) is 11.6. The van der Waals surface area contributed by atoms with E-state index in [0.717, 1.165) is 31.2 Å². The highest BCUT2D eigenvalue weighted by atomic mass is 19.1. The van der Waals surface area contributed by atoms with Gasteiger partial charge < -0.3 is 10.7 Å². The van der Waals surface area contributed by atoms with E-state index >= 15 is 0 Å². The second-order valence-electron chi connectivity index (χ2n) is 4.94. The molecule has 0 bridgehead atoms. The van der Waals surface area contributed by atoms with Crippen molar-refractivity contribution in [2.45, 2.75) is 25.2 Å². The van der Waals surface area contributed by atoms with Crippen LogP contribution in [0.5, 0.6) is 0 Å². The van der Waals surface area contributed by atoms with Gasteiger partial charge in [-0.15, -0.1) is 0 Å². The summed E-state index contributed by atoms with van der Waals surface area (Å²) in [7, 11) is 0. The second-order valence-corrected chi connectivity index (χ2v) is 4.94. The lowest BCUT2D eigenvalue weighted by atomic mass is 9.96. The summed E-state index contributed by atoms with van der Waals surface area (Å²) in [4.78, 5) is 7.32. The molecular weight excluding hydrogens is 236 g/mol. The third-order valence-electron chi connectivity index (χ3n) is 3.84. The van der Waals surface area contributed by atoms with Gasteiger partial charge in [0.2, 0.25) is 0 Å². The van der Waals surface area contributed by atoms with Crippen molar-refractivity contribution in [1.29, 1.82) is 0 Å². The van der Waals surface area contributed by atoms with Crippen molar-refractivity contribution >= 4 is 11.0 Å². The van der Waals surface area contributed by atoms with Gasteiger partial charge in [0, 0.05) is 12.0 Å². The first-order chi connectivity index (χ1) is 8.69. The largest absolute Gasteiger partial charge is 0.342 e. The van der Waals surface area contributed by atoms with E-state index in [9.17, 15) is 8.78 Å². The topological polar surface area (TPSA) is 54.7 Å². The van der Waals surface area contributed by atoms with Crippen molar-refractivity contribution in [1.82, 2.24) is 9.97 Å². The summed E-state index contributed by atoms with van der Waals surface area (Å²) in [6.45, 7) is 0.610. The zero-order chi connectivity index (χ0) is 12.7. The number of aromatic amines is 1. The molecule has 1 fully saturated rings. The van der Waals surface area contributed by atoms with Crippen LogP contribution in [0.4, 0.5) is 8.78 Å². The van der Waals surface area contributed by atoms with Crippen LogP contribution in [0.3, 0.4) is 0 Å². The Labute approximate surface area is 103 Å². The maximum atomic E-state index is 13.6. The normalized spacial score (nSPS) is 23.9. The number of hydrogen-bond acceptors (Lipinski definition) is 2. The van der Waals surface area contributed by atoms with Gasteiger partial charge in [0.05, 0.1) is 5.52 Å². The van der Waals surface area contributed by atoms with E-state index in [4.69, 9.17) is 5.73 Å². The van der Waals surface area contributed by atoms with Gasteiger partial charge in [-0.25, -0.2) is 13.8 Å². The number of halogens is 2. The maximum Gasteiger partial charge on any atom is 0.153 e. The molecule has 2 atom stereocenters. The van der Waals surface area contributed by atoms with Crippen LogP contribution in [-0.2, 0) is 0 Å². The van der Waals surface area contributed by atoms with Crippen molar-refractivity contribution in [3.63, 3.8) is 0 Å². The molecule has 1 aromatic carbocycles. The molecule has 96 valence electrons. The Balaban J connectivity index is 2.05. The fraction of sp³-hybridized carbons (Fsp3) is 0.462. The number of hydrogen-bond donors (Lipinski definition) is 2. The van der Waals surface area contributed by atoms with Gasteiger partial charge >= 0.3 is 0 Å². The van der Waals surface area contributed by atoms with Crippen molar-refractivity contribution in [2.75, 3.05) is 6.54 Å². The molecule has 0 aliphatic heterocycles. The molecule has 1 aliphatic carbocycles. The lowest BCUT2D eigenvalue weighted by Crippen LogP contribution is -2.17. The van der Waals surface area contributed by atoms with E-state index in [1.54, 1.807) is 0 Å². The van der Waals surface area contributed by atoms with Crippen molar-refractivity contribution < 1.29 is 8.78 Å². The zero-order valence-electron chi connectivity index (χ0n) is 9.92. The summed E-state index contributed by atoms with van der Waals surface area (Å²) >= 11 is 0. The average Bonchev–Trinajstić information content (AvgIpc) is 2.92. The number of nitrogens with zero attached hydrogens (tertiary/aromatic N) is 1. The predicted molar refractivity (Wildman–Crippen MR) is 65.1 cm³/mol. The number of imidazole rings is 1. The van der Waals surface area contributed by atoms with E-state index in [1.165, 1.54) is 6.07 Å². The van der Waals surface area contributed by atoms with E-state index in [0.29, 0.717) is 18.0 Å². The molecule has 18 heavy (non-hydrogen) atoms. The van der Waals surface area contributed by atoms with Gasteiger partial charge in [0.1, 0.15) is 17.2 Å². The standard InChI is InChI=1S/C13H15F2N3/c14-8-4-10(15)12-11(5-8)17-13(18-12)9-3-1-2-7(9)6-16/h4-5,7,9H,1-3,6,16H2,(H,17,18). The minimum Gasteiger partial charge on any atom is -0.342 e. The Morgan fingerprint density at radius 3 is 2.94 bits per heavy atom. The van der Waals surface area contributed by atoms with E-state index in [-0.39, 0.29) is 11.4 Å². The van der Waals surface area contributed by atoms with Gasteiger partial charge in [-0.05, 0) is 31.4 Å². The number of fused-ring (bicyclic) bond motifs is 1. The first-order valence-corrected chi connectivity index (χ1v) is 6.23. The van der Waals surface area contributed by atoms with Crippen molar-refractivity contribution in [2.24, 2.45) is 11.7 Å². The van der Waals surface area contributed by atoms with Crippen LogP contribution in [0, 0.1) is 17.6 Å². The number of rotatable bonds is 2. The Bertz CT molecular complexity index is 579. The van der Waals surface area contributed by atoms with Crippen LogP contribution in [0.2, 0.25) is 0 Å². The quantitative estimate of drug-likeness (QED) is 0.862. The van der Waals surface area contributed by atoms with Gasteiger partial charge in [-0.3, -0.25) is 0 Å². The third-order valence-corrected chi connectivity index (χ3v) is 3.84. The van der Waals surface area contributed by atoms with E-state index < -0.39 is 11.6 Å². The minimum atomic E-state index is -0.616. The number of H-pyrrole nitrogens is 1. The molecule has 3 nitrogen and oxygen atoms in total. The lowest BCUT2D eigenvalue weighted by molar-refractivity contribution is 0.481. The maximum absolute atomic E-state index is 13.6. The van der Waals surface area contributed by atoms with Crippen LogP contribution in [-0.4, -0.2) is 16.5 Å². The summed E-state index contributed by atoms with van der Waals surface area (Å²) in [6.07, 6.45) is 3.20. The average molecular weight is 251 g/mol. The minimum absolute atomic E-state index is 0.217. The molecule has 1 aliphatic rings. The van der Waals surface area contributed by atoms with E-state index in [2.05, 4.69) is 9.97 Å². The third kappa shape index (κ3) is 1.79. The fourth-order valence-electron chi connectivity index (χ4n) is 2.92. The van der Waals surface area contributed by atoms with Gasteiger partial charge in [-0.2, -0.15) is 0 Å². The summed E-state index contributed by atoms with van der Waals surface area (Å²) in [5, 5.41) is 0. The molecule has 2 aromatic rings. The summed E-state index contributed by atoms with van der Waals surface area (Å²) < 4.78 is 26.7. The Kier molecular flexibility index (Phi) is 2.78. The molecule has 1 heterocycles. The zero-order valence-corrected chi connectivity index (χ0v) is 9.92. The van der Waals surface area contributed by atoms with Crippen LogP contribution in [0.1, 0.15) is 31.0 Å². The van der Waals surface area contributed by atoms with E-state index in [1.807, 2.05) is 0 Å². The smallest absolute Gasteiger partial charge is 0.153 e. The predicted octanol–water partition coefficient (Wildman–Crippen LogP) is 2.68. The summed E-state index contributed by atoms with van der Waals surface area (Å²) in [5.41, 5.74) is 6.37. The van der Waals surface area contributed by atoms with Gasteiger partial charge in [0.15, 0.2) is 5.82 Å². The summed E-state index contributed by atoms with van der Waals surface area (Å²) in [5.74, 6) is 0.164. The van der Waals surface area contributed by atoms with Crippen molar-refractivity contribution in [3.05, 3.63) is 29.6 Å². The Hall–Kier alpha value is -1.49. The Morgan fingerprint density at radius 2 is 2.17 bits per heavy atom. The molecule has 3 N–H and O–H groups in total. The number of benzene rings is 1. The molecule has 5 heteroatoms. The molecule has 0 amide bonds. The molecule has 0 spiro atoms. The number of nitrogens with one attached hydrogen (secondary N) is 1. The van der Waals surface area contributed by atoms with Crippen LogP contribution in [0.15, 0.2) is 12.1 Å². The highest BCUT2D eigenvalue weighted by molar-refractivity contribution is 5.75. The molecule has 0 saturated heterocycles. The van der Waals surface area contributed by atoms with Crippen LogP contribution >= 0.6 is 0 Å². The number of nitrogens with two attached hydrogens (primary N) is 1. The highest BCUT2D eigenvalue weighted by Crippen LogP contribution is 2.38. The molecule has 0 radical (unpaired) electrons. The lowest BCUT2D eigenvalue weighted by Gasteiger charge is -2.14. The number of aromatic nitrogens is 2. The summed E-state index contributed by atoms with van der Waals surface area (Å²) in [6, 6.07) is 2.14. The molecule has 1 aromatic heterocycles. The van der Waals surface area contributed by atoms with Gasteiger partial charge in [-0.1, -0.05) is 6.42 Å². The van der Waals surface area contributed by atoms with Gasteiger partial charge in [0.25, 0.3) is 0 Å². The molecule has 2 unspecified atom stereocenters. The molecular formula is C13H15F2N3. The highest BCUT2D eigenvalue weighted by Gasteiger charge is 2.30. The van der Waals surface area contributed by atoms with Crippen molar-refractivity contribution in [3.8, 4) is 0 Å². The first-order valence-electron chi connectivity index (χ1n) is 6.23. The fourth-order valence-corrected chi connectivity index (χ4v) is 2.92. The van der Waals surface area contributed by atoms with Crippen LogP contribution < -0.4 is 5.73 Å². The molecule has 3 rings (SSSR count). The second kappa shape index (κ2) is 4.31. The SMILES string of the molecule is NCC1CCCC1c1nc2c(F)cc(F)cc2[nH]1. The van der Waals surface area contributed by atoms with Crippen LogP contribution in [0.25, 0.3) is 11.0 Å².